The van der Waals surface area contributed by atoms with Gasteiger partial charge in [0.15, 0.2) is 16.6 Å². The predicted molar refractivity (Wildman–Crippen MR) is 114 cm³/mol. The minimum Gasteiger partial charge on any atom is -0.350 e. The Morgan fingerprint density at radius 1 is 1.13 bits per heavy atom. The van der Waals surface area contributed by atoms with Crippen molar-refractivity contribution in [2.75, 3.05) is 6.54 Å². The van der Waals surface area contributed by atoms with E-state index in [1.807, 2.05) is 57.1 Å². The third kappa shape index (κ3) is 3.46. The molecule has 1 N–H and O–H groups in total. The summed E-state index contributed by atoms with van der Waals surface area (Å²) >= 11 is 1.52. The van der Waals surface area contributed by atoms with E-state index < -0.39 is 0 Å². The third-order valence-electron chi connectivity index (χ3n) is 4.64. The van der Waals surface area contributed by atoms with E-state index in [9.17, 15) is 4.79 Å². The van der Waals surface area contributed by atoms with Gasteiger partial charge in [-0.2, -0.15) is 0 Å². The highest BCUT2D eigenvalue weighted by atomic mass is 32.1. The number of thiazole rings is 1. The highest BCUT2D eigenvalue weighted by molar-refractivity contribution is 7.12. The van der Waals surface area contributed by atoms with E-state index in [2.05, 4.69) is 25.3 Å². The number of aromatic nitrogens is 6. The predicted octanol–water partition coefficient (Wildman–Crippen LogP) is 3.01. The lowest BCUT2D eigenvalue weighted by atomic mass is 10.2. The molecule has 148 valence electrons. The molecule has 8 nitrogen and oxygen atoms in total. The van der Waals surface area contributed by atoms with Gasteiger partial charge in [0.05, 0.1) is 5.52 Å². The smallest absolute Gasteiger partial charge is 0.272 e. The molecule has 0 atom stereocenters. The molecule has 0 aromatic carbocycles. The highest BCUT2D eigenvalue weighted by Crippen LogP contribution is 2.23. The summed E-state index contributed by atoms with van der Waals surface area (Å²) in [7, 11) is 0. The first-order chi connectivity index (χ1) is 14.8. The molecular formula is C21H17N7OS. The zero-order valence-corrected chi connectivity index (χ0v) is 16.7. The minimum atomic E-state index is -0.215. The maximum absolute atomic E-state index is 12.8. The van der Waals surface area contributed by atoms with Gasteiger partial charge in [-0.1, -0.05) is 12.1 Å². The molecule has 0 spiro atoms. The number of hydrogen-bond donors (Lipinski definition) is 1. The number of rotatable bonds is 6. The molecule has 0 saturated heterocycles. The molecule has 0 radical (unpaired) electrons. The maximum Gasteiger partial charge on any atom is 0.272 e. The number of fused-ring (bicyclic) bond motifs is 1. The van der Waals surface area contributed by atoms with E-state index in [1.54, 1.807) is 24.9 Å². The first-order valence-electron chi connectivity index (χ1n) is 9.38. The molecule has 1 amide bonds. The number of pyridine rings is 2. The lowest BCUT2D eigenvalue weighted by molar-refractivity contribution is 0.0951. The van der Waals surface area contributed by atoms with Crippen molar-refractivity contribution in [2.24, 2.45) is 0 Å². The van der Waals surface area contributed by atoms with Crippen molar-refractivity contribution < 1.29 is 4.79 Å². The highest BCUT2D eigenvalue weighted by Gasteiger charge is 2.19. The monoisotopic (exact) mass is 415 g/mol. The van der Waals surface area contributed by atoms with Crippen molar-refractivity contribution in [3.63, 3.8) is 0 Å². The number of amides is 1. The normalized spacial score (nSPS) is 11.1. The van der Waals surface area contributed by atoms with Crippen molar-refractivity contribution in [3.8, 4) is 16.6 Å². The standard InChI is InChI=1S/C21H17N7OS/c29-20(23-8-6-15-4-3-7-22-12-15)18-17-5-1-2-10-28(17)19(26-18)16-13-27(14-25-16)21-24-9-11-30-21/h1-5,7,9-14H,6,8H2,(H,23,29). The van der Waals surface area contributed by atoms with Crippen LogP contribution in [0.2, 0.25) is 0 Å². The molecule has 0 aliphatic rings. The summed E-state index contributed by atoms with van der Waals surface area (Å²) in [5, 5.41) is 5.69. The van der Waals surface area contributed by atoms with Crippen molar-refractivity contribution in [2.45, 2.75) is 6.42 Å². The van der Waals surface area contributed by atoms with Gasteiger partial charge in [0, 0.05) is 42.9 Å². The molecule has 9 heteroatoms. The summed E-state index contributed by atoms with van der Waals surface area (Å²) in [4.78, 5) is 30.3. The summed E-state index contributed by atoms with van der Waals surface area (Å²) in [6.07, 6.45) is 11.4. The summed E-state index contributed by atoms with van der Waals surface area (Å²) in [6.45, 7) is 0.504. The Kier molecular flexibility index (Phi) is 4.78. The number of nitrogens with one attached hydrogen (secondary N) is 1. The van der Waals surface area contributed by atoms with Crippen molar-refractivity contribution in [1.82, 2.24) is 34.2 Å². The summed E-state index contributed by atoms with van der Waals surface area (Å²) in [5.74, 6) is 0.395. The molecule has 5 aromatic rings. The second-order valence-electron chi connectivity index (χ2n) is 6.59. The second-order valence-corrected chi connectivity index (χ2v) is 7.46. The summed E-state index contributed by atoms with van der Waals surface area (Å²) in [5.41, 5.74) is 2.84. The van der Waals surface area contributed by atoms with Crippen LogP contribution in [-0.2, 0) is 6.42 Å². The Hall–Kier alpha value is -3.85. The molecular weight excluding hydrogens is 398 g/mol. The average molecular weight is 415 g/mol. The number of nitrogens with zero attached hydrogens (tertiary/aromatic N) is 6. The van der Waals surface area contributed by atoms with Crippen LogP contribution in [-0.4, -0.2) is 41.4 Å². The molecule has 0 aliphatic carbocycles. The Morgan fingerprint density at radius 2 is 2.10 bits per heavy atom. The number of hydrogen-bond acceptors (Lipinski definition) is 6. The van der Waals surface area contributed by atoms with Crippen LogP contribution in [0.1, 0.15) is 16.1 Å². The maximum atomic E-state index is 12.8. The first kappa shape index (κ1) is 18.2. The number of carbonyl (C=O) groups is 1. The molecule has 5 aromatic heterocycles. The zero-order valence-electron chi connectivity index (χ0n) is 15.8. The van der Waals surface area contributed by atoms with Crippen molar-refractivity contribution in [1.29, 1.82) is 0 Å². The van der Waals surface area contributed by atoms with Crippen molar-refractivity contribution >= 4 is 22.8 Å². The molecule has 0 unspecified atom stereocenters. The SMILES string of the molecule is O=C(NCCc1cccnc1)c1nc(-c2cn(-c3nccs3)cn2)n2ccccc12. The van der Waals surface area contributed by atoms with Gasteiger partial charge in [0.2, 0.25) is 0 Å². The molecule has 0 aliphatic heterocycles. The molecule has 5 heterocycles. The largest absolute Gasteiger partial charge is 0.350 e. The van der Waals surface area contributed by atoms with E-state index >= 15 is 0 Å². The first-order valence-corrected chi connectivity index (χ1v) is 10.3. The lowest BCUT2D eigenvalue weighted by Gasteiger charge is -2.03. The minimum absolute atomic E-state index is 0.215. The van der Waals surface area contributed by atoms with Gasteiger partial charge in [-0.3, -0.25) is 18.7 Å². The fraction of sp³-hybridized carbons (Fsp3) is 0.0952. The second kappa shape index (κ2) is 7.88. The van der Waals surface area contributed by atoms with E-state index in [4.69, 9.17) is 0 Å². The molecule has 0 fully saturated rings. The molecule has 5 rings (SSSR count). The van der Waals surface area contributed by atoms with Crippen LogP contribution in [0.15, 0.2) is 73.0 Å². The van der Waals surface area contributed by atoms with E-state index in [1.165, 1.54) is 11.3 Å². The van der Waals surface area contributed by atoms with Crippen LogP contribution in [0.4, 0.5) is 0 Å². The lowest BCUT2D eigenvalue weighted by Crippen LogP contribution is -2.26. The Bertz CT molecular complexity index is 1290. The van der Waals surface area contributed by atoms with E-state index in [-0.39, 0.29) is 5.91 Å². The Labute approximate surface area is 175 Å². The summed E-state index contributed by atoms with van der Waals surface area (Å²) in [6, 6.07) is 9.55. The van der Waals surface area contributed by atoms with Gasteiger partial charge in [-0.25, -0.2) is 15.0 Å². The van der Waals surface area contributed by atoms with Crippen LogP contribution in [0.3, 0.4) is 0 Å². The molecule has 0 saturated carbocycles. The van der Waals surface area contributed by atoms with Crippen LogP contribution in [0, 0.1) is 0 Å². The van der Waals surface area contributed by atoms with E-state index in [0.29, 0.717) is 30.2 Å². The zero-order chi connectivity index (χ0) is 20.3. The van der Waals surface area contributed by atoms with Crippen molar-refractivity contribution in [3.05, 3.63) is 84.3 Å². The average Bonchev–Trinajstić information content (AvgIpc) is 3.53. The fourth-order valence-electron chi connectivity index (χ4n) is 3.22. The van der Waals surface area contributed by atoms with Gasteiger partial charge in [-0.15, -0.1) is 11.3 Å². The molecule has 30 heavy (non-hydrogen) atoms. The summed E-state index contributed by atoms with van der Waals surface area (Å²) < 4.78 is 3.72. The van der Waals surface area contributed by atoms with Crippen LogP contribution < -0.4 is 5.32 Å². The number of carbonyl (C=O) groups excluding carboxylic acids is 1. The number of imidazole rings is 2. The topological polar surface area (TPSA) is 90.0 Å². The quantitative estimate of drug-likeness (QED) is 0.460. The van der Waals surface area contributed by atoms with Gasteiger partial charge >= 0.3 is 0 Å². The van der Waals surface area contributed by atoms with Crippen LogP contribution in [0.5, 0.6) is 0 Å². The fourth-order valence-corrected chi connectivity index (χ4v) is 3.81. The Morgan fingerprint density at radius 3 is 2.93 bits per heavy atom. The van der Waals surface area contributed by atoms with Gasteiger partial charge < -0.3 is 5.32 Å². The van der Waals surface area contributed by atoms with E-state index in [0.717, 1.165) is 16.2 Å². The third-order valence-corrected chi connectivity index (χ3v) is 5.42. The van der Waals surface area contributed by atoms with Crippen LogP contribution in [0.25, 0.3) is 22.2 Å². The Balaban J connectivity index is 1.42. The van der Waals surface area contributed by atoms with Crippen LogP contribution >= 0.6 is 11.3 Å². The van der Waals surface area contributed by atoms with Gasteiger partial charge in [0.1, 0.15) is 12.0 Å². The van der Waals surface area contributed by atoms with Gasteiger partial charge in [0.25, 0.3) is 5.91 Å². The van der Waals surface area contributed by atoms with Gasteiger partial charge in [-0.05, 0) is 30.2 Å². The molecule has 0 bridgehead atoms.